The van der Waals surface area contributed by atoms with Crippen molar-refractivity contribution in [1.82, 2.24) is 19.8 Å². The number of hydrogen-bond acceptors (Lipinski definition) is 8. The molecule has 2 atom stereocenters. The highest BCUT2D eigenvalue weighted by Crippen LogP contribution is 2.40. The van der Waals surface area contributed by atoms with E-state index in [1.165, 1.54) is 18.6 Å². The molecule has 0 radical (unpaired) electrons. The fourth-order valence-electron chi connectivity index (χ4n) is 6.66. The number of amides is 1. The second-order valence-electron chi connectivity index (χ2n) is 11.7. The van der Waals surface area contributed by atoms with Gasteiger partial charge in [-0.2, -0.15) is 9.97 Å². The largest absolute Gasteiger partial charge is 0.462 e. The molecule has 2 aliphatic heterocycles. The molecule has 0 bridgehead atoms. The molecule has 1 amide bonds. The molecule has 2 unspecified atom stereocenters. The quantitative estimate of drug-likeness (QED) is 0.221. The first-order valence-electron chi connectivity index (χ1n) is 15.2. The average molecular weight is 582 g/mol. The van der Waals surface area contributed by atoms with Crippen molar-refractivity contribution in [2.24, 2.45) is 0 Å². The van der Waals surface area contributed by atoms with Gasteiger partial charge < -0.3 is 24.2 Å². The number of fused-ring (bicyclic) bond motifs is 2. The van der Waals surface area contributed by atoms with Crippen LogP contribution >= 0.6 is 0 Å². The minimum absolute atomic E-state index is 0.0369. The number of likely N-dealkylation sites (tertiary alicyclic amines) is 1. The van der Waals surface area contributed by atoms with Gasteiger partial charge in [-0.3, -0.25) is 4.79 Å². The zero-order chi connectivity index (χ0) is 29.9. The van der Waals surface area contributed by atoms with E-state index in [1.807, 2.05) is 35.2 Å². The van der Waals surface area contributed by atoms with Crippen molar-refractivity contribution in [2.75, 3.05) is 51.3 Å². The zero-order valence-corrected chi connectivity index (χ0v) is 24.8. The first-order chi connectivity index (χ1) is 20.9. The lowest BCUT2D eigenvalue weighted by Crippen LogP contribution is -2.49. The molecule has 1 aromatic heterocycles. The number of likely N-dealkylation sites (N-methyl/N-ethyl adjacent to an activating group) is 1. The number of carbonyl (C=O) groups excluding carboxylic acids is 2. The monoisotopic (exact) mass is 581 g/mol. The summed E-state index contributed by atoms with van der Waals surface area (Å²) in [7, 11) is 2.14. The summed E-state index contributed by atoms with van der Waals surface area (Å²) in [5, 5.41) is 2.17. The molecule has 0 N–H and O–H groups in total. The van der Waals surface area contributed by atoms with Crippen molar-refractivity contribution >= 4 is 28.5 Å². The number of nitrogens with zero attached hydrogens (tertiary/aromatic N) is 5. The Labute approximate surface area is 252 Å². The fraction of sp³-hybridized carbons (Fsp3) is 0.412. The molecular weight excluding hydrogens is 542 g/mol. The zero-order valence-electron chi connectivity index (χ0n) is 24.8. The SMILES string of the molecule is C=CC(=O)Oc1cc(C2CCc3c(nc(OCC4CCCN4C)nc3N3CCN(C(=O)C=C)CC3)C2)c2ccccc2c1. The van der Waals surface area contributed by atoms with E-state index in [9.17, 15) is 9.59 Å². The third kappa shape index (κ3) is 6.13. The van der Waals surface area contributed by atoms with Crippen LogP contribution < -0.4 is 14.4 Å². The van der Waals surface area contributed by atoms with E-state index in [4.69, 9.17) is 19.4 Å². The van der Waals surface area contributed by atoms with E-state index >= 15 is 0 Å². The first kappa shape index (κ1) is 28.9. The number of hydrogen-bond donors (Lipinski definition) is 0. The van der Waals surface area contributed by atoms with Gasteiger partial charge in [0.15, 0.2) is 0 Å². The Kier molecular flexibility index (Phi) is 8.42. The Morgan fingerprint density at radius 2 is 1.84 bits per heavy atom. The number of ether oxygens (including phenoxy) is 2. The molecule has 0 saturated carbocycles. The number of esters is 1. The fourth-order valence-corrected chi connectivity index (χ4v) is 6.66. The van der Waals surface area contributed by atoms with Gasteiger partial charge in [-0.1, -0.05) is 37.4 Å². The van der Waals surface area contributed by atoms with Crippen LogP contribution in [0.5, 0.6) is 11.8 Å². The molecule has 9 nitrogen and oxygen atoms in total. The van der Waals surface area contributed by atoms with Crippen molar-refractivity contribution in [3.8, 4) is 11.8 Å². The Balaban J connectivity index is 1.32. The third-order valence-corrected chi connectivity index (χ3v) is 9.07. The maximum atomic E-state index is 12.2. The normalized spacial score (nSPS) is 20.5. The third-order valence-electron chi connectivity index (χ3n) is 9.07. The smallest absolute Gasteiger partial charge is 0.335 e. The van der Waals surface area contributed by atoms with Gasteiger partial charge in [0.1, 0.15) is 18.2 Å². The Morgan fingerprint density at radius 3 is 2.58 bits per heavy atom. The van der Waals surface area contributed by atoms with Crippen molar-refractivity contribution in [2.45, 2.75) is 44.1 Å². The van der Waals surface area contributed by atoms with Crippen LogP contribution in [0.1, 0.15) is 42.0 Å². The molecule has 1 aliphatic carbocycles. The molecule has 3 aromatic rings. The Morgan fingerprint density at radius 1 is 1.02 bits per heavy atom. The van der Waals surface area contributed by atoms with Crippen molar-refractivity contribution in [3.05, 3.63) is 78.5 Å². The van der Waals surface area contributed by atoms with E-state index in [2.05, 4.69) is 36.1 Å². The molecule has 6 rings (SSSR count). The summed E-state index contributed by atoms with van der Waals surface area (Å²) in [6.45, 7) is 11.4. The number of carbonyl (C=O) groups is 2. The molecule has 224 valence electrons. The van der Waals surface area contributed by atoms with Gasteiger partial charge in [0.25, 0.3) is 0 Å². The summed E-state index contributed by atoms with van der Waals surface area (Å²) >= 11 is 0. The predicted molar refractivity (Wildman–Crippen MR) is 167 cm³/mol. The lowest BCUT2D eigenvalue weighted by molar-refractivity contribution is -0.129. The Hall–Kier alpha value is -4.24. The summed E-state index contributed by atoms with van der Waals surface area (Å²) in [5.41, 5.74) is 3.30. The van der Waals surface area contributed by atoms with Gasteiger partial charge >= 0.3 is 12.0 Å². The van der Waals surface area contributed by atoms with Gasteiger partial charge in [-0.05, 0) is 86.2 Å². The molecule has 2 aromatic carbocycles. The summed E-state index contributed by atoms with van der Waals surface area (Å²) in [4.78, 5) is 40.7. The standard InChI is InChI=1S/C34H39N5O4/c1-4-31(40)38-15-17-39(18-16-38)33-28-13-12-24(20-30(28)35-34(36-33)42-22-25-10-8-14-37(25)3)29-21-26(43-32(41)5-2)19-23-9-6-7-11-27(23)29/h4-7,9,11,19,21,24-25H,1-2,8,10,12-18,20,22H2,3H3. The molecular formula is C34H39N5O4. The van der Waals surface area contributed by atoms with E-state index in [-0.39, 0.29) is 11.8 Å². The second kappa shape index (κ2) is 12.6. The van der Waals surface area contributed by atoms with Crippen LogP contribution in [0.3, 0.4) is 0 Å². The molecule has 3 heterocycles. The molecule has 2 fully saturated rings. The minimum Gasteiger partial charge on any atom is -0.462 e. The molecule has 43 heavy (non-hydrogen) atoms. The van der Waals surface area contributed by atoms with E-state index in [0.717, 1.165) is 65.6 Å². The summed E-state index contributed by atoms with van der Waals surface area (Å²) in [6, 6.07) is 12.9. The summed E-state index contributed by atoms with van der Waals surface area (Å²) in [6.07, 6.45) is 7.29. The number of rotatable bonds is 8. The number of benzene rings is 2. The summed E-state index contributed by atoms with van der Waals surface area (Å²) in [5.74, 6) is 1.10. The molecule has 9 heteroatoms. The number of aromatic nitrogens is 2. The van der Waals surface area contributed by atoms with Crippen LogP contribution in [0.4, 0.5) is 5.82 Å². The average Bonchev–Trinajstić information content (AvgIpc) is 3.46. The van der Waals surface area contributed by atoms with Gasteiger partial charge in [0.05, 0.1) is 5.69 Å². The van der Waals surface area contributed by atoms with Crippen LogP contribution in [-0.4, -0.2) is 84.1 Å². The minimum atomic E-state index is -0.475. The highest BCUT2D eigenvalue weighted by atomic mass is 16.5. The Bertz CT molecular complexity index is 1550. The van der Waals surface area contributed by atoms with Gasteiger partial charge in [0, 0.05) is 43.9 Å². The number of piperazine rings is 1. The van der Waals surface area contributed by atoms with Crippen LogP contribution in [0.2, 0.25) is 0 Å². The maximum Gasteiger partial charge on any atom is 0.335 e. The van der Waals surface area contributed by atoms with E-state index in [1.54, 1.807) is 0 Å². The van der Waals surface area contributed by atoms with E-state index in [0.29, 0.717) is 50.6 Å². The summed E-state index contributed by atoms with van der Waals surface area (Å²) < 4.78 is 11.9. The molecule has 3 aliphatic rings. The highest BCUT2D eigenvalue weighted by Gasteiger charge is 2.31. The van der Waals surface area contributed by atoms with Gasteiger partial charge in [0.2, 0.25) is 5.91 Å². The van der Waals surface area contributed by atoms with Crippen molar-refractivity contribution in [1.29, 1.82) is 0 Å². The van der Waals surface area contributed by atoms with Crippen LogP contribution in [0.25, 0.3) is 10.8 Å². The van der Waals surface area contributed by atoms with Crippen molar-refractivity contribution < 1.29 is 19.1 Å². The maximum absolute atomic E-state index is 12.2. The van der Waals surface area contributed by atoms with Crippen LogP contribution in [-0.2, 0) is 22.4 Å². The van der Waals surface area contributed by atoms with E-state index < -0.39 is 5.97 Å². The topological polar surface area (TPSA) is 88.1 Å². The number of anilines is 1. The lowest BCUT2D eigenvalue weighted by atomic mass is 9.80. The lowest BCUT2D eigenvalue weighted by Gasteiger charge is -2.37. The predicted octanol–water partition coefficient (Wildman–Crippen LogP) is 4.30. The van der Waals surface area contributed by atoms with Gasteiger partial charge in [-0.15, -0.1) is 0 Å². The van der Waals surface area contributed by atoms with Crippen molar-refractivity contribution in [3.63, 3.8) is 0 Å². The molecule has 2 saturated heterocycles. The molecule has 0 spiro atoms. The van der Waals surface area contributed by atoms with Crippen LogP contribution in [0, 0.1) is 0 Å². The first-order valence-corrected chi connectivity index (χ1v) is 15.2. The van der Waals surface area contributed by atoms with Gasteiger partial charge in [-0.25, -0.2) is 4.79 Å². The van der Waals surface area contributed by atoms with Crippen LogP contribution in [0.15, 0.2) is 61.7 Å². The second-order valence-corrected chi connectivity index (χ2v) is 11.7. The highest BCUT2D eigenvalue weighted by molar-refractivity contribution is 5.90.